The number of hydrogen-bond acceptors (Lipinski definition) is 2. The van der Waals surface area contributed by atoms with Gasteiger partial charge >= 0.3 is 0 Å². The molecule has 2 rings (SSSR count). The normalized spacial score (nSPS) is 24.3. The molecule has 0 aromatic carbocycles. The summed E-state index contributed by atoms with van der Waals surface area (Å²) in [6.07, 6.45) is 1.99. The summed E-state index contributed by atoms with van der Waals surface area (Å²) >= 11 is 0. The zero-order valence-corrected chi connectivity index (χ0v) is 5.22. The molecule has 1 aromatic rings. The molecule has 0 unspecified atom stereocenters. The molecule has 0 aliphatic carbocycles. The number of ether oxygens (including phenoxy) is 1. The first-order valence-corrected chi connectivity index (χ1v) is 2.99. The molecule has 1 aliphatic heterocycles. The van der Waals surface area contributed by atoms with Gasteiger partial charge in [0.1, 0.15) is 6.10 Å². The second-order valence-corrected chi connectivity index (χ2v) is 2.23. The summed E-state index contributed by atoms with van der Waals surface area (Å²) in [6, 6.07) is 0. The third kappa shape index (κ3) is 0.733. The van der Waals surface area contributed by atoms with E-state index in [0.717, 1.165) is 18.0 Å². The lowest BCUT2D eigenvalue weighted by Gasteiger charge is -1.86. The quantitative estimate of drug-likeness (QED) is 0.562. The molecule has 2 heterocycles. The van der Waals surface area contributed by atoms with E-state index in [-0.39, 0.29) is 6.10 Å². The van der Waals surface area contributed by atoms with Crippen LogP contribution in [0.15, 0.2) is 6.33 Å². The topological polar surface area (TPSA) is 41.2 Å². The smallest absolute Gasteiger partial charge is 0.125 e. The van der Waals surface area contributed by atoms with Crippen LogP contribution in [0.25, 0.3) is 0 Å². The van der Waals surface area contributed by atoms with Crippen LogP contribution in [0, 0.1) is 6.92 Å². The largest absolute Gasteiger partial charge is 0.366 e. The van der Waals surface area contributed by atoms with E-state index in [0.29, 0.717) is 0 Å². The molecular formula is C6H8N2O. The summed E-state index contributed by atoms with van der Waals surface area (Å²) in [6.45, 7) is 2.84. The summed E-state index contributed by atoms with van der Waals surface area (Å²) in [5.74, 6) is 0. The van der Waals surface area contributed by atoms with Gasteiger partial charge in [0.15, 0.2) is 0 Å². The Morgan fingerprint density at radius 2 is 2.67 bits per heavy atom. The predicted octanol–water partition coefficient (Wildman–Crippen LogP) is 0.789. The number of nitrogens with one attached hydrogen (secondary N) is 1. The Morgan fingerprint density at radius 1 is 1.89 bits per heavy atom. The summed E-state index contributed by atoms with van der Waals surface area (Å²) in [5.41, 5.74) is 2.19. The van der Waals surface area contributed by atoms with E-state index in [2.05, 4.69) is 9.97 Å². The lowest BCUT2D eigenvalue weighted by Crippen LogP contribution is -1.82. The van der Waals surface area contributed by atoms with Crippen LogP contribution in [0.2, 0.25) is 0 Å². The monoisotopic (exact) mass is 124 g/mol. The SMILES string of the molecule is Cc1[nH]cnc1[C@H]1CO1. The Bertz CT molecular complexity index is 215. The Balaban J connectivity index is 2.35. The Morgan fingerprint density at radius 3 is 3.11 bits per heavy atom. The third-order valence-electron chi connectivity index (χ3n) is 1.51. The molecular weight excluding hydrogens is 116 g/mol. The number of H-pyrrole nitrogens is 1. The minimum absolute atomic E-state index is 0.288. The average Bonchev–Trinajstić information content (AvgIpc) is 2.58. The highest BCUT2D eigenvalue weighted by atomic mass is 16.6. The van der Waals surface area contributed by atoms with E-state index >= 15 is 0 Å². The fourth-order valence-corrected chi connectivity index (χ4v) is 0.900. The van der Waals surface area contributed by atoms with Gasteiger partial charge < -0.3 is 9.72 Å². The second-order valence-electron chi connectivity index (χ2n) is 2.23. The summed E-state index contributed by atoms with van der Waals surface area (Å²) in [7, 11) is 0. The Kier molecular flexibility index (Phi) is 0.873. The van der Waals surface area contributed by atoms with Crippen LogP contribution < -0.4 is 0 Å². The lowest BCUT2D eigenvalue weighted by molar-refractivity contribution is 0.411. The molecule has 0 radical (unpaired) electrons. The molecule has 9 heavy (non-hydrogen) atoms. The summed E-state index contributed by atoms with van der Waals surface area (Å²) in [4.78, 5) is 7.10. The molecule has 3 heteroatoms. The maximum atomic E-state index is 5.05. The minimum Gasteiger partial charge on any atom is -0.366 e. The van der Waals surface area contributed by atoms with Gasteiger partial charge in [-0.05, 0) is 6.92 Å². The number of aromatic nitrogens is 2. The number of rotatable bonds is 1. The zero-order chi connectivity index (χ0) is 6.27. The molecule has 3 nitrogen and oxygen atoms in total. The highest BCUT2D eigenvalue weighted by Crippen LogP contribution is 2.29. The highest BCUT2D eigenvalue weighted by molar-refractivity contribution is 5.14. The van der Waals surface area contributed by atoms with Crippen molar-refractivity contribution in [3.63, 3.8) is 0 Å². The first kappa shape index (κ1) is 4.99. The molecule has 1 atom stereocenters. The molecule has 48 valence electrons. The van der Waals surface area contributed by atoms with Crippen LogP contribution in [0.4, 0.5) is 0 Å². The van der Waals surface area contributed by atoms with Crippen LogP contribution in [-0.2, 0) is 4.74 Å². The fourth-order valence-electron chi connectivity index (χ4n) is 0.900. The van der Waals surface area contributed by atoms with Gasteiger partial charge in [0.25, 0.3) is 0 Å². The second kappa shape index (κ2) is 1.57. The number of epoxide rings is 1. The highest BCUT2D eigenvalue weighted by Gasteiger charge is 2.28. The summed E-state index contributed by atoms with van der Waals surface area (Å²) in [5, 5.41) is 0. The van der Waals surface area contributed by atoms with Gasteiger partial charge in [-0.1, -0.05) is 0 Å². The van der Waals surface area contributed by atoms with Crippen LogP contribution in [0.3, 0.4) is 0 Å². The van der Waals surface area contributed by atoms with Gasteiger partial charge in [0.05, 0.1) is 18.6 Å². The van der Waals surface area contributed by atoms with Crippen molar-refractivity contribution in [3.05, 3.63) is 17.7 Å². The molecule has 1 aliphatic rings. The van der Waals surface area contributed by atoms with Crippen molar-refractivity contribution in [1.82, 2.24) is 9.97 Å². The van der Waals surface area contributed by atoms with E-state index in [9.17, 15) is 0 Å². The van der Waals surface area contributed by atoms with Crippen molar-refractivity contribution in [2.45, 2.75) is 13.0 Å². The van der Waals surface area contributed by atoms with Crippen molar-refractivity contribution >= 4 is 0 Å². The van der Waals surface area contributed by atoms with Crippen molar-refractivity contribution in [2.24, 2.45) is 0 Å². The van der Waals surface area contributed by atoms with Gasteiger partial charge in [-0.25, -0.2) is 4.98 Å². The number of aromatic amines is 1. The Hall–Kier alpha value is -0.830. The summed E-state index contributed by atoms with van der Waals surface area (Å²) < 4.78 is 5.05. The lowest BCUT2D eigenvalue weighted by atomic mass is 10.3. The van der Waals surface area contributed by atoms with E-state index in [1.807, 2.05) is 6.92 Å². The van der Waals surface area contributed by atoms with Gasteiger partial charge in [-0.15, -0.1) is 0 Å². The van der Waals surface area contributed by atoms with E-state index in [1.54, 1.807) is 6.33 Å². The number of aryl methyl sites for hydroxylation is 1. The number of hydrogen-bond donors (Lipinski definition) is 1. The van der Waals surface area contributed by atoms with Crippen LogP contribution in [0.5, 0.6) is 0 Å². The molecule has 0 amide bonds. The Labute approximate surface area is 53.1 Å². The van der Waals surface area contributed by atoms with Crippen molar-refractivity contribution < 1.29 is 4.74 Å². The van der Waals surface area contributed by atoms with Crippen LogP contribution in [-0.4, -0.2) is 16.6 Å². The van der Waals surface area contributed by atoms with E-state index < -0.39 is 0 Å². The van der Waals surface area contributed by atoms with Gasteiger partial charge in [0, 0.05) is 5.69 Å². The standard InChI is InChI=1S/C6H8N2O/c1-4-6(5-2-9-5)8-3-7-4/h3,5H,2H2,1H3,(H,7,8)/t5-/m1/s1. The van der Waals surface area contributed by atoms with Gasteiger partial charge in [-0.3, -0.25) is 0 Å². The average molecular weight is 124 g/mol. The molecule has 1 N–H and O–H groups in total. The van der Waals surface area contributed by atoms with Crippen LogP contribution >= 0.6 is 0 Å². The van der Waals surface area contributed by atoms with Crippen LogP contribution in [0.1, 0.15) is 17.5 Å². The maximum Gasteiger partial charge on any atom is 0.125 e. The van der Waals surface area contributed by atoms with Crippen molar-refractivity contribution in [2.75, 3.05) is 6.61 Å². The number of imidazole rings is 1. The molecule has 1 saturated heterocycles. The minimum atomic E-state index is 0.288. The fraction of sp³-hybridized carbons (Fsp3) is 0.500. The molecule has 1 aromatic heterocycles. The predicted molar refractivity (Wildman–Crippen MR) is 32.0 cm³/mol. The van der Waals surface area contributed by atoms with E-state index in [1.165, 1.54) is 0 Å². The zero-order valence-electron chi connectivity index (χ0n) is 5.22. The first-order chi connectivity index (χ1) is 4.38. The maximum absolute atomic E-state index is 5.05. The molecule has 1 fully saturated rings. The number of nitrogens with zero attached hydrogens (tertiary/aromatic N) is 1. The first-order valence-electron chi connectivity index (χ1n) is 2.99. The van der Waals surface area contributed by atoms with Gasteiger partial charge in [-0.2, -0.15) is 0 Å². The molecule has 0 spiro atoms. The third-order valence-corrected chi connectivity index (χ3v) is 1.51. The van der Waals surface area contributed by atoms with Gasteiger partial charge in [0.2, 0.25) is 0 Å². The van der Waals surface area contributed by atoms with Crippen molar-refractivity contribution in [1.29, 1.82) is 0 Å². The van der Waals surface area contributed by atoms with E-state index in [4.69, 9.17) is 4.74 Å². The van der Waals surface area contributed by atoms with Crippen molar-refractivity contribution in [3.8, 4) is 0 Å². The molecule has 0 saturated carbocycles. The molecule has 0 bridgehead atoms.